The summed E-state index contributed by atoms with van der Waals surface area (Å²) in [6.45, 7) is 0.114. The Hall–Kier alpha value is -1.05. The standard InChI is InChI=1S/C11H13BrFN3O2/c1-18-10-6(13)5-14-9(10)11(17)16-8-4-2-3-7(12)15-8/h2-4,6,9-10,14H,5H2,1H3,(H,15,16,17)/t6-,9-,10+/m0/s1. The second kappa shape index (κ2) is 5.73. The molecule has 0 aromatic carbocycles. The zero-order valence-corrected chi connectivity index (χ0v) is 11.3. The minimum atomic E-state index is -1.18. The Balaban J connectivity index is 2.04. The summed E-state index contributed by atoms with van der Waals surface area (Å²) >= 11 is 3.21. The Kier molecular flexibility index (Phi) is 4.26. The molecule has 98 valence electrons. The first-order valence-corrected chi connectivity index (χ1v) is 6.25. The van der Waals surface area contributed by atoms with Gasteiger partial charge in [-0.25, -0.2) is 9.37 Å². The third-order valence-electron chi connectivity index (χ3n) is 2.74. The van der Waals surface area contributed by atoms with Crippen molar-refractivity contribution in [2.24, 2.45) is 0 Å². The van der Waals surface area contributed by atoms with E-state index in [2.05, 4.69) is 31.5 Å². The molecule has 1 fully saturated rings. The molecular weight excluding hydrogens is 305 g/mol. The molecule has 7 heteroatoms. The van der Waals surface area contributed by atoms with Gasteiger partial charge in [-0.05, 0) is 28.1 Å². The smallest absolute Gasteiger partial charge is 0.245 e. The molecule has 18 heavy (non-hydrogen) atoms. The minimum Gasteiger partial charge on any atom is -0.376 e. The Bertz CT molecular complexity index is 446. The predicted octanol–water partition coefficient (Wildman–Crippen LogP) is 1.11. The average Bonchev–Trinajstić information content (AvgIpc) is 2.70. The van der Waals surface area contributed by atoms with E-state index in [9.17, 15) is 9.18 Å². The van der Waals surface area contributed by atoms with E-state index in [4.69, 9.17) is 4.74 Å². The van der Waals surface area contributed by atoms with Crippen LogP contribution in [0.1, 0.15) is 0 Å². The highest BCUT2D eigenvalue weighted by atomic mass is 79.9. The van der Waals surface area contributed by atoms with Crippen molar-refractivity contribution >= 4 is 27.7 Å². The molecule has 1 saturated heterocycles. The summed E-state index contributed by atoms with van der Waals surface area (Å²) in [5.74, 6) is 0.0564. The van der Waals surface area contributed by atoms with Crippen molar-refractivity contribution in [2.45, 2.75) is 18.3 Å². The van der Waals surface area contributed by atoms with Crippen molar-refractivity contribution < 1.29 is 13.9 Å². The highest BCUT2D eigenvalue weighted by Crippen LogP contribution is 2.17. The first-order valence-electron chi connectivity index (χ1n) is 5.45. The number of nitrogens with zero attached hydrogens (tertiary/aromatic N) is 1. The lowest BCUT2D eigenvalue weighted by molar-refractivity contribution is -0.120. The zero-order valence-electron chi connectivity index (χ0n) is 9.69. The molecule has 1 aromatic rings. The largest absolute Gasteiger partial charge is 0.376 e. The molecule has 5 nitrogen and oxygen atoms in total. The highest BCUT2D eigenvalue weighted by Gasteiger charge is 2.40. The summed E-state index contributed by atoms with van der Waals surface area (Å²) in [6.07, 6.45) is -1.95. The Labute approximate surface area is 112 Å². The Morgan fingerprint density at radius 3 is 3.11 bits per heavy atom. The molecule has 1 aliphatic heterocycles. The first-order chi connectivity index (χ1) is 8.61. The fraction of sp³-hybridized carbons (Fsp3) is 0.455. The zero-order chi connectivity index (χ0) is 13.1. The summed E-state index contributed by atoms with van der Waals surface area (Å²) in [4.78, 5) is 16.0. The molecule has 0 unspecified atom stereocenters. The van der Waals surface area contributed by atoms with Gasteiger partial charge in [0.1, 0.15) is 28.7 Å². The summed E-state index contributed by atoms with van der Waals surface area (Å²) in [5.41, 5.74) is 0. The molecule has 0 saturated carbocycles. The van der Waals surface area contributed by atoms with Crippen molar-refractivity contribution in [3.8, 4) is 0 Å². The van der Waals surface area contributed by atoms with Gasteiger partial charge in [0.05, 0.1) is 0 Å². The van der Waals surface area contributed by atoms with E-state index < -0.39 is 18.3 Å². The number of aromatic nitrogens is 1. The monoisotopic (exact) mass is 317 g/mol. The van der Waals surface area contributed by atoms with Crippen molar-refractivity contribution in [3.63, 3.8) is 0 Å². The normalized spacial score (nSPS) is 27.2. The lowest BCUT2D eigenvalue weighted by atomic mass is 10.1. The molecule has 3 atom stereocenters. The number of methoxy groups -OCH3 is 1. The number of hydrogen-bond acceptors (Lipinski definition) is 4. The van der Waals surface area contributed by atoms with E-state index >= 15 is 0 Å². The van der Waals surface area contributed by atoms with Gasteiger partial charge in [0.2, 0.25) is 5.91 Å². The van der Waals surface area contributed by atoms with E-state index in [0.717, 1.165) is 0 Å². The van der Waals surface area contributed by atoms with Crippen LogP contribution in [-0.4, -0.2) is 42.9 Å². The predicted molar refractivity (Wildman–Crippen MR) is 68.1 cm³/mol. The first kappa shape index (κ1) is 13.4. The maximum absolute atomic E-state index is 13.4. The van der Waals surface area contributed by atoms with Gasteiger partial charge in [0.25, 0.3) is 0 Å². The van der Waals surface area contributed by atoms with Crippen LogP contribution in [0.3, 0.4) is 0 Å². The third-order valence-corrected chi connectivity index (χ3v) is 3.18. The Morgan fingerprint density at radius 2 is 2.44 bits per heavy atom. The number of anilines is 1. The van der Waals surface area contributed by atoms with Crippen LogP contribution in [0.4, 0.5) is 10.2 Å². The van der Waals surface area contributed by atoms with Crippen molar-refractivity contribution in [2.75, 3.05) is 19.0 Å². The maximum Gasteiger partial charge on any atom is 0.245 e. The Morgan fingerprint density at radius 1 is 1.67 bits per heavy atom. The number of rotatable bonds is 3. The van der Waals surface area contributed by atoms with E-state index in [1.54, 1.807) is 18.2 Å². The van der Waals surface area contributed by atoms with Gasteiger partial charge in [-0.3, -0.25) is 4.79 Å². The quantitative estimate of drug-likeness (QED) is 0.820. The lowest BCUT2D eigenvalue weighted by Gasteiger charge is -2.18. The summed E-state index contributed by atoms with van der Waals surface area (Å²) in [6, 6.07) is 4.46. The molecule has 0 bridgehead atoms. The van der Waals surface area contributed by atoms with Gasteiger partial charge >= 0.3 is 0 Å². The molecule has 1 aliphatic rings. The number of ether oxygens (including phenoxy) is 1. The number of hydrogen-bond donors (Lipinski definition) is 2. The van der Waals surface area contributed by atoms with Gasteiger partial charge in [0, 0.05) is 13.7 Å². The summed E-state index contributed by atoms with van der Waals surface area (Å²) in [7, 11) is 1.39. The number of alkyl halides is 1. The SMILES string of the molecule is CO[C@H]1[C@@H](C(=O)Nc2cccc(Br)n2)NC[C@@H]1F. The minimum absolute atomic E-state index is 0.114. The van der Waals surface area contributed by atoms with Crippen LogP contribution in [0.25, 0.3) is 0 Å². The number of amides is 1. The summed E-state index contributed by atoms with van der Waals surface area (Å²) in [5, 5.41) is 5.41. The molecule has 2 rings (SSSR count). The highest BCUT2D eigenvalue weighted by molar-refractivity contribution is 9.10. The molecule has 0 spiro atoms. The van der Waals surface area contributed by atoms with Crippen LogP contribution >= 0.6 is 15.9 Å². The average molecular weight is 318 g/mol. The second-order valence-corrected chi connectivity index (χ2v) is 4.75. The maximum atomic E-state index is 13.4. The van der Waals surface area contributed by atoms with Gasteiger partial charge < -0.3 is 15.4 Å². The number of nitrogens with one attached hydrogen (secondary N) is 2. The van der Waals surface area contributed by atoms with Crippen molar-refractivity contribution in [1.82, 2.24) is 10.3 Å². The van der Waals surface area contributed by atoms with E-state index in [-0.39, 0.29) is 12.5 Å². The molecule has 0 aliphatic carbocycles. The number of carbonyl (C=O) groups excluding carboxylic acids is 1. The lowest BCUT2D eigenvalue weighted by Crippen LogP contribution is -2.44. The van der Waals surface area contributed by atoms with Crippen molar-refractivity contribution in [3.05, 3.63) is 22.8 Å². The van der Waals surface area contributed by atoms with Crippen LogP contribution < -0.4 is 10.6 Å². The van der Waals surface area contributed by atoms with E-state index in [1.165, 1.54) is 7.11 Å². The van der Waals surface area contributed by atoms with Crippen LogP contribution in [0, 0.1) is 0 Å². The fourth-order valence-electron chi connectivity index (χ4n) is 1.89. The van der Waals surface area contributed by atoms with Crippen molar-refractivity contribution in [1.29, 1.82) is 0 Å². The third kappa shape index (κ3) is 2.85. The van der Waals surface area contributed by atoms with Crippen LogP contribution in [-0.2, 0) is 9.53 Å². The van der Waals surface area contributed by atoms with E-state index in [0.29, 0.717) is 10.4 Å². The summed E-state index contributed by atoms with van der Waals surface area (Å²) < 4.78 is 19.0. The number of carbonyl (C=O) groups is 1. The van der Waals surface area contributed by atoms with Crippen LogP contribution in [0.5, 0.6) is 0 Å². The molecular formula is C11H13BrFN3O2. The molecule has 0 radical (unpaired) electrons. The number of halogens is 2. The topological polar surface area (TPSA) is 63.2 Å². The van der Waals surface area contributed by atoms with Crippen LogP contribution in [0.15, 0.2) is 22.8 Å². The van der Waals surface area contributed by atoms with Gasteiger partial charge in [-0.15, -0.1) is 0 Å². The second-order valence-electron chi connectivity index (χ2n) is 3.94. The van der Waals surface area contributed by atoms with Gasteiger partial charge in [-0.1, -0.05) is 6.07 Å². The number of pyridine rings is 1. The van der Waals surface area contributed by atoms with Gasteiger partial charge in [-0.2, -0.15) is 0 Å². The molecule has 2 N–H and O–H groups in total. The van der Waals surface area contributed by atoms with Gasteiger partial charge in [0.15, 0.2) is 0 Å². The fourth-order valence-corrected chi connectivity index (χ4v) is 2.23. The molecule has 1 amide bonds. The molecule has 2 heterocycles. The van der Waals surface area contributed by atoms with E-state index in [1.807, 2.05) is 0 Å². The molecule has 1 aromatic heterocycles. The van der Waals surface area contributed by atoms with Crippen LogP contribution in [0.2, 0.25) is 0 Å².